The maximum atomic E-state index is 13.0. The summed E-state index contributed by atoms with van der Waals surface area (Å²) < 4.78 is 18.8. The first-order valence-electron chi connectivity index (χ1n) is 8.51. The molecule has 0 spiro atoms. The van der Waals surface area contributed by atoms with Crippen LogP contribution < -0.4 is 9.64 Å². The van der Waals surface area contributed by atoms with E-state index >= 15 is 0 Å². The highest BCUT2D eigenvalue weighted by Crippen LogP contribution is 2.28. The zero-order valence-corrected chi connectivity index (χ0v) is 14.0. The first kappa shape index (κ1) is 16.5. The molecular formula is C19H18FN3O3. The van der Waals surface area contributed by atoms with Gasteiger partial charge in [-0.2, -0.15) is 0 Å². The molecule has 0 N–H and O–H groups in total. The molecule has 3 heterocycles. The van der Waals surface area contributed by atoms with Gasteiger partial charge in [-0.15, -0.1) is 0 Å². The van der Waals surface area contributed by atoms with Gasteiger partial charge >= 0.3 is 0 Å². The number of carbonyl (C=O) groups excluding carboxylic acids is 2. The maximum Gasteiger partial charge on any atom is 0.228 e. The Kier molecular flexibility index (Phi) is 4.28. The molecule has 0 aliphatic carbocycles. The fourth-order valence-corrected chi connectivity index (χ4v) is 3.30. The zero-order chi connectivity index (χ0) is 18.1. The monoisotopic (exact) mass is 355 g/mol. The molecule has 2 saturated heterocycles. The Morgan fingerprint density at radius 3 is 2.62 bits per heavy atom. The van der Waals surface area contributed by atoms with Crippen LogP contribution in [0.2, 0.25) is 0 Å². The van der Waals surface area contributed by atoms with Crippen LogP contribution >= 0.6 is 0 Å². The highest BCUT2D eigenvalue weighted by molar-refractivity contribution is 6.00. The number of benzene rings is 1. The average molecular weight is 355 g/mol. The minimum Gasteiger partial charge on any atom is -0.485 e. The van der Waals surface area contributed by atoms with Gasteiger partial charge in [-0.05, 0) is 36.4 Å². The smallest absolute Gasteiger partial charge is 0.228 e. The van der Waals surface area contributed by atoms with E-state index in [0.717, 1.165) is 0 Å². The molecule has 0 radical (unpaired) electrons. The van der Waals surface area contributed by atoms with Crippen LogP contribution in [0.25, 0.3) is 0 Å². The molecule has 0 saturated carbocycles. The van der Waals surface area contributed by atoms with Crippen LogP contribution in [-0.4, -0.2) is 47.4 Å². The molecule has 7 heteroatoms. The van der Waals surface area contributed by atoms with Gasteiger partial charge in [0.2, 0.25) is 11.8 Å². The number of likely N-dealkylation sites (tertiary alicyclic amines) is 1. The highest BCUT2D eigenvalue weighted by Gasteiger charge is 2.41. The third-order valence-corrected chi connectivity index (χ3v) is 4.71. The predicted octanol–water partition coefficient (Wildman–Crippen LogP) is 1.86. The molecule has 2 aliphatic rings. The van der Waals surface area contributed by atoms with Crippen molar-refractivity contribution in [2.24, 2.45) is 5.92 Å². The lowest BCUT2D eigenvalue weighted by atomic mass is 10.0. The molecule has 1 aromatic heterocycles. The molecule has 4 rings (SSSR count). The summed E-state index contributed by atoms with van der Waals surface area (Å²) in [5.74, 6) is -0.184. The standard InChI is InChI=1S/C19H18FN3O3/c20-14-3-5-15(6-4-14)23-10-13(8-18(23)24)19(25)22-11-17(12-22)26-16-2-1-7-21-9-16/h1-7,9,13,17H,8,10-12H2/t13-/m0/s1. The number of hydrogen-bond donors (Lipinski definition) is 0. The molecule has 134 valence electrons. The number of halogens is 1. The van der Waals surface area contributed by atoms with E-state index < -0.39 is 0 Å². The Morgan fingerprint density at radius 1 is 1.15 bits per heavy atom. The minimum atomic E-state index is -0.369. The summed E-state index contributed by atoms with van der Waals surface area (Å²) in [6.45, 7) is 1.35. The third-order valence-electron chi connectivity index (χ3n) is 4.71. The first-order valence-corrected chi connectivity index (χ1v) is 8.51. The molecular weight excluding hydrogens is 337 g/mol. The molecule has 1 aromatic carbocycles. The minimum absolute atomic E-state index is 0.0333. The van der Waals surface area contributed by atoms with Crippen molar-refractivity contribution in [1.82, 2.24) is 9.88 Å². The van der Waals surface area contributed by atoms with Gasteiger partial charge in [0.1, 0.15) is 17.7 Å². The number of nitrogens with zero attached hydrogens (tertiary/aromatic N) is 3. The number of pyridine rings is 1. The average Bonchev–Trinajstić information content (AvgIpc) is 3.01. The lowest BCUT2D eigenvalue weighted by molar-refractivity contribution is -0.144. The van der Waals surface area contributed by atoms with E-state index in [2.05, 4.69) is 4.98 Å². The van der Waals surface area contributed by atoms with Crippen LogP contribution in [0.4, 0.5) is 10.1 Å². The summed E-state index contributed by atoms with van der Waals surface area (Å²) >= 11 is 0. The molecule has 2 aliphatic heterocycles. The Labute approximate surface area is 150 Å². The molecule has 2 aromatic rings. The fraction of sp³-hybridized carbons (Fsp3) is 0.316. The Balaban J connectivity index is 1.32. The number of aromatic nitrogens is 1. The van der Waals surface area contributed by atoms with Gasteiger partial charge in [-0.25, -0.2) is 4.39 Å². The normalized spacial score (nSPS) is 20.2. The van der Waals surface area contributed by atoms with Crippen molar-refractivity contribution in [2.75, 3.05) is 24.5 Å². The molecule has 26 heavy (non-hydrogen) atoms. The summed E-state index contributed by atoms with van der Waals surface area (Å²) in [7, 11) is 0. The molecule has 1 atom stereocenters. The number of anilines is 1. The zero-order valence-electron chi connectivity index (χ0n) is 14.0. The quantitative estimate of drug-likeness (QED) is 0.840. The summed E-state index contributed by atoms with van der Waals surface area (Å²) in [4.78, 5) is 32.1. The maximum absolute atomic E-state index is 13.0. The summed E-state index contributed by atoms with van der Waals surface area (Å²) in [5, 5.41) is 0. The number of amides is 2. The van der Waals surface area contributed by atoms with Gasteiger partial charge in [0.15, 0.2) is 0 Å². The van der Waals surface area contributed by atoms with E-state index in [1.165, 1.54) is 12.1 Å². The third kappa shape index (κ3) is 3.24. The van der Waals surface area contributed by atoms with Crippen LogP contribution in [0.5, 0.6) is 5.75 Å². The van der Waals surface area contributed by atoms with Gasteiger partial charge < -0.3 is 14.5 Å². The second-order valence-corrected chi connectivity index (χ2v) is 6.55. The van der Waals surface area contributed by atoms with Crippen LogP contribution in [0, 0.1) is 11.7 Å². The Morgan fingerprint density at radius 2 is 1.92 bits per heavy atom. The first-order chi connectivity index (χ1) is 12.6. The number of ether oxygens (including phenoxy) is 1. The Hall–Kier alpha value is -2.96. The van der Waals surface area contributed by atoms with Crippen LogP contribution in [-0.2, 0) is 9.59 Å². The van der Waals surface area contributed by atoms with Crippen molar-refractivity contribution < 1.29 is 18.7 Å². The van der Waals surface area contributed by atoms with Crippen molar-refractivity contribution in [3.05, 3.63) is 54.6 Å². The highest BCUT2D eigenvalue weighted by atomic mass is 19.1. The lowest BCUT2D eigenvalue weighted by Gasteiger charge is -2.40. The fourth-order valence-electron chi connectivity index (χ4n) is 3.30. The van der Waals surface area contributed by atoms with Crippen LogP contribution in [0.1, 0.15) is 6.42 Å². The lowest BCUT2D eigenvalue weighted by Crippen LogP contribution is -2.57. The van der Waals surface area contributed by atoms with Crippen molar-refractivity contribution >= 4 is 17.5 Å². The van der Waals surface area contributed by atoms with Crippen molar-refractivity contribution in [3.8, 4) is 5.75 Å². The second-order valence-electron chi connectivity index (χ2n) is 6.55. The predicted molar refractivity (Wildman–Crippen MR) is 92.1 cm³/mol. The Bertz CT molecular complexity index is 807. The van der Waals surface area contributed by atoms with Gasteiger partial charge in [0.05, 0.1) is 25.2 Å². The van der Waals surface area contributed by atoms with Crippen LogP contribution in [0.15, 0.2) is 48.8 Å². The van der Waals surface area contributed by atoms with E-state index in [9.17, 15) is 14.0 Å². The topological polar surface area (TPSA) is 62.7 Å². The van der Waals surface area contributed by atoms with E-state index in [0.29, 0.717) is 31.1 Å². The molecule has 2 amide bonds. The second kappa shape index (κ2) is 6.74. The van der Waals surface area contributed by atoms with E-state index in [4.69, 9.17) is 4.74 Å². The van der Waals surface area contributed by atoms with E-state index in [1.807, 2.05) is 6.07 Å². The van der Waals surface area contributed by atoms with Crippen LogP contribution in [0.3, 0.4) is 0 Å². The summed E-state index contributed by atoms with van der Waals surface area (Å²) in [5.41, 5.74) is 0.619. The number of carbonyl (C=O) groups is 2. The SMILES string of the molecule is O=C([C@H]1CC(=O)N(c2ccc(F)cc2)C1)N1CC(Oc2cccnc2)C1. The van der Waals surface area contributed by atoms with Crippen molar-refractivity contribution in [2.45, 2.75) is 12.5 Å². The van der Waals surface area contributed by atoms with Crippen molar-refractivity contribution in [3.63, 3.8) is 0 Å². The number of hydrogen-bond acceptors (Lipinski definition) is 4. The molecule has 0 bridgehead atoms. The number of rotatable bonds is 4. The van der Waals surface area contributed by atoms with Gasteiger partial charge in [-0.1, -0.05) is 0 Å². The largest absolute Gasteiger partial charge is 0.485 e. The molecule has 2 fully saturated rings. The van der Waals surface area contributed by atoms with Crippen molar-refractivity contribution in [1.29, 1.82) is 0 Å². The van der Waals surface area contributed by atoms with E-state index in [-0.39, 0.29) is 36.1 Å². The summed E-state index contributed by atoms with van der Waals surface area (Å²) in [6.07, 6.45) is 3.45. The van der Waals surface area contributed by atoms with E-state index in [1.54, 1.807) is 40.4 Å². The molecule has 0 unspecified atom stereocenters. The molecule has 6 nitrogen and oxygen atoms in total. The van der Waals surface area contributed by atoms with Gasteiger partial charge in [0.25, 0.3) is 0 Å². The summed E-state index contributed by atoms with van der Waals surface area (Å²) in [6, 6.07) is 9.36. The van der Waals surface area contributed by atoms with Gasteiger partial charge in [0, 0.05) is 24.8 Å². The van der Waals surface area contributed by atoms with Gasteiger partial charge in [-0.3, -0.25) is 14.6 Å².